The van der Waals surface area contributed by atoms with Gasteiger partial charge in [0, 0.05) is 10.7 Å². The minimum atomic E-state index is -4.57. The number of hydrogen-bond acceptors (Lipinski definition) is 3. The maximum atomic E-state index is 11.8. The fraction of sp³-hybridized carbons (Fsp3) is 0.222. The molecule has 0 heterocycles. The molecular formula is C9H7ClF3NO2. The highest BCUT2D eigenvalue weighted by Crippen LogP contribution is 2.20. The van der Waals surface area contributed by atoms with Crippen molar-refractivity contribution in [1.82, 2.24) is 0 Å². The lowest BCUT2D eigenvalue weighted by molar-refractivity contribution is -0.161. The van der Waals surface area contributed by atoms with E-state index in [-0.39, 0.29) is 16.3 Å². The number of nitrogen functional groups attached to an aromatic ring is 1. The highest BCUT2D eigenvalue weighted by molar-refractivity contribution is 6.31. The lowest BCUT2D eigenvalue weighted by Gasteiger charge is -2.09. The molecule has 0 aliphatic heterocycles. The van der Waals surface area contributed by atoms with E-state index in [4.69, 9.17) is 17.3 Å². The number of nitrogens with two attached hydrogens (primary N) is 1. The summed E-state index contributed by atoms with van der Waals surface area (Å²) in [7, 11) is 0. The van der Waals surface area contributed by atoms with Crippen molar-refractivity contribution in [3.63, 3.8) is 0 Å². The first-order chi connectivity index (χ1) is 7.29. The Hall–Kier alpha value is -1.43. The van der Waals surface area contributed by atoms with Crippen molar-refractivity contribution in [2.24, 2.45) is 0 Å². The molecule has 0 fully saturated rings. The molecule has 3 nitrogen and oxygen atoms in total. The van der Waals surface area contributed by atoms with E-state index in [1.807, 2.05) is 0 Å². The van der Waals surface area contributed by atoms with Crippen LogP contribution >= 0.6 is 11.6 Å². The molecule has 0 atom stereocenters. The summed E-state index contributed by atoms with van der Waals surface area (Å²) in [4.78, 5) is 11.2. The van der Waals surface area contributed by atoms with Crippen LogP contribution < -0.4 is 5.73 Å². The van der Waals surface area contributed by atoms with E-state index in [1.165, 1.54) is 12.1 Å². The van der Waals surface area contributed by atoms with Crippen LogP contribution in [0.15, 0.2) is 18.2 Å². The number of carbonyl (C=O) groups is 1. The first-order valence-corrected chi connectivity index (χ1v) is 4.46. The van der Waals surface area contributed by atoms with E-state index in [9.17, 15) is 18.0 Å². The molecule has 7 heteroatoms. The predicted octanol–water partition coefficient (Wildman–Crippen LogP) is 2.64. The molecule has 2 N–H and O–H groups in total. The summed E-state index contributed by atoms with van der Waals surface area (Å²) in [5.41, 5.74) is 5.22. The standard InChI is InChI=1S/C9H7ClF3NO2/c10-5-1-2-7(14)6(3-5)8(15)16-4-9(11,12)13/h1-3H,4,14H2. The van der Waals surface area contributed by atoms with Crippen LogP contribution in [-0.4, -0.2) is 18.8 Å². The summed E-state index contributed by atoms with van der Waals surface area (Å²) >= 11 is 5.57. The summed E-state index contributed by atoms with van der Waals surface area (Å²) in [5, 5.41) is 0.188. The molecule has 16 heavy (non-hydrogen) atoms. The topological polar surface area (TPSA) is 52.3 Å². The molecule has 0 spiro atoms. The molecule has 0 saturated carbocycles. The fourth-order valence-corrected chi connectivity index (χ4v) is 1.10. The zero-order valence-electron chi connectivity index (χ0n) is 7.84. The largest absolute Gasteiger partial charge is 0.452 e. The summed E-state index contributed by atoms with van der Waals surface area (Å²) < 4.78 is 39.4. The van der Waals surface area contributed by atoms with E-state index in [1.54, 1.807) is 0 Å². The molecule has 0 bridgehead atoms. The van der Waals surface area contributed by atoms with Gasteiger partial charge in [-0.25, -0.2) is 4.79 Å². The number of ether oxygens (including phenoxy) is 1. The third-order valence-electron chi connectivity index (χ3n) is 1.60. The van der Waals surface area contributed by atoms with E-state index in [0.717, 1.165) is 6.07 Å². The average molecular weight is 254 g/mol. The molecule has 0 radical (unpaired) electrons. The van der Waals surface area contributed by atoms with E-state index >= 15 is 0 Å². The Balaban J connectivity index is 2.77. The van der Waals surface area contributed by atoms with Crippen LogP contribution in [0.4, 0.5) is 18.9 Å². The third-order valence-corrected chi connectivity index (χ3v) is 1.84. The van der Waals surface area contributed by atoms with Gasteiger partial charge in [0.25, 0.3) is 0 Å². The monoisotopic (exact) mass is 253 g/mol. The Labute approximate surface area is 93.9 Å². The molecule has 88 valence electrons. The van der Waals surface area contributed by atoms with Crippen molar-refractivity contribution >= 4 is 23.3 Å². The van der Waals surface area contributed by atoms with Gasteiger partial charge in [-0.15, -0.1) is 0 Å². The van der Waals surface area contributed by atoms with Crippen molar-refractivity contribution in [2.75, 3.05) is 12.3 Å². The van der Waals surface area contributed by atoms with Gasteiger partial charge in [0.1, 0.15) is 0 Å². The van der Waals surface area contributed by atoms with Crippen molar-refractivity contribution in [1.29, 1.82) is 0 Å². The van der Waals surface area contributed by atoms with Crippen LogP contribution in [-0.2, 0) is 4.74 Å². The van der Waals surface area contributed by atoms with E-state index in [2.05, 4.69) is 4.74 Å². The third kappa shape index (κ3) is 3.62. The normalized spacial score (nSPS) is 11.2. The minimum absolute atomic E-state index is 0.0107. The summed E-state index contributed by atoms with van der Waals surface area (Å²) in [5.74, 6) is -1.16. The molecule has 0 unspecified atom stereocenters. The minimum Gasteiger partial charge on any atom is -0.452 e. The Morgan fingerprint density at radius 3 is 2.62 bits per heavy atom. The van der Waals surface area contributed by atoms with Gasteiger partial charge in [0.15, 0.2) is 6.61 Å². The molecule has 0 aliphatic rings. The van der Waals surface area contributed by atoms with Crippen molar-refractivity contribution in [2.45, 2.75) is 6.18 Å². The van der Waals surface area contributed by atoms with Gasteiger partial charge in [-0.2, -0.15) is 13.2 Å². The van der Waals surface area contributed by atoms with Gasteiger partial charge >= 0.3 is 12.1 Å². The van der Waals surface area contributed by atoms with Crippen LogP contribution in [0.2, 0.25) is 5.02 Å². The number of benzene rings is 1. The lowest BCUT2D eigenvalue weighted by atomic mass is 10.2. The number of esters is 1. The first-order valence-electron chi connectivity index (χ1n) is 4.08. The average Bonchev–Trinajstić information content (AvgIpc) is 2.17. The number of rotatable bonds is 2. The second-order valence-electron chi connectivity index (χ2n) is 2.92. The smallest absolute Gasteiger partial charge is 0.422 e. The summed E-state index contributed by atoms with van der Waals surface area (Å²) in [6, 6.07) is 3.87. The fourth-order valence-electron chi connectivity index (χ4n) is 0.930. The molecule has 0 aromatic heterocycles. The maximum Gasteiger partial charge on any atom is 0.422 e. The van der Waals surface area contributed by atoms with Crippen molar-refractivity contribution < 1.29 is 22.7 Å². The Morgan fingerprint density at radius 1 is 1.44 bits per heavy atom. The maximum absolute atomic E-state index is 11.8. The number of carbonyl (C=O) groups excluding carboxylic acids is 1. The molecule has 0 saturated heterocycles. The number of alkyl halides is 3. The summed E-state index contributed by atoms with van der Waals surface area (Å²) in [6.45, 7) is -1.65. The molecule has 0 aliphatic carbocycles. The SMILES string of the molecule is Nc1ccc(Cl)cc1C(=O)OCC(F)(F)F. The van der Waals surface area contributed by atoms with Crippen LogP contribution in [0.3, 0.4) is 0 Å². The van der Waals surface area contributed by atoms with Crippen LogP contribution in [0.25, 0.3) is 0 Å². The molecule has 1 aromatic rings. The highest BCUT2D eigenvalue weighted by Gasteiger charge is 2.30. The zero-order chi connectivity index (χ0) is 12.3. The van der Waals surface area contributed by atoms with Crippen molar-refractivity contribution in [3.05, 3.63) is 28.8 Å². The highest BCUT2D eigenvalue weighted by atomic mass is 35.5. The van der Waals surface area contributed by atoms with Gasteiger partial charge < -0.3 is 10.5 Å². The predicted molar refractivity (Wildman–Crippen MR) is 52.2 cm³/mol. The second kappa shape index (κ2) is 4.61. The van der Waals surface area contributed by atoms with E-state index < -0.39 is 18.8 Å². The molecule has 1 aromatic carbocycles. The number of hydrogen-bond donors (Lipinski definition) is 1. The van der Waals surface area contributed by atoms with Gasteiger partial charge in [-0.05, 0) is 18.2 Å². The van der Waals surface area contributed by atoms with Crippen LogP contribution in [0.5, 0.6) is 0 Å². The Kier molecular flexibility index (Phi) is 3.64. The van der Waals surface area contributed by atoms with Gasteiger partial charge in [0.2, 0.25) is 0 Å². The molecule has 0 amide bonds. The lowest BCUT2D eigenvalue weighted by Crippen LogP contribution is -2.20. The molecular weight excluding hydrogens is 247 g/mol. The first kappa shape index (κ1) is 12.6. The Bertz CT molecular complexity index is 406. The quantitative estimate of drug-likeness (QED) is 0.651. The second-order valence-corrected chi connectivity index (χ2v) is 3.36. The Morgan fingerprint density at radius 2 is 2.06 bits per heavy atom. The summed E-state index contributed by atoms with van der Waals surface area (Å²) in [6.07, 6.45) is -4.57. The van der Waals surface area contributed by atoms with Gasteiger partial charge in [0.05, 0.1) is 5.56 Å². The number of halogens is 4. The van der Waals surface area contributed by atoms with Crippen LogP contribution in [0, 0.1) is 0 Å². The van der Waals surface area contributed by atoms with Crippen LogP contribution in [0.1, 0.15) is 10.4 Å². The van der Waals surface area contributed by atoms with Gasteiger partial charge in [-0.3, -0.25) is 0 Å². The zero-order valence-corrected chi connectivity index (χ0v) is 8.60. The van der Waals surface area contributed by atoms with Crippen molar-refractivity contribution in [3.8, 4) is 0 Å². The molecule has 1 rings (SSSR count). The van der Waals surface area contributed by atoms with E-state index in [0.29, 0.717) is 0 Å². The van der Waals surface area contributed by atoms with Gasteiger partial charge in [-0.1, -0.05) is 11.6 Å². The number of anilines is 1.